The van der Waals surface area contributed by atoms with Crippen molar-refractivity contribution in [3.05, 3.63) is 50.6 Å². The lowest BCUT2D eigenvalue weighted by Crippen LogP contribution is -2.25. The molecule has 1 nitrogen and oxygen atoms in total. The molecule has 2 unspecified atom stereocenters. The summed E-state index contributed by atoms with van der Waals surface area (Å²) in [7, 11) is 0. The third kappa shape index (κ3) is 4.59. The van der Waals surface area contributed by atoms with Crippen molar-refractivity contribution < 1.29 is 0 Å². The Hall–Kier alpha value is -0.290. The third-order valence-electron chi connectivity index (χ3n) is 3.54. The van der Waals surface area contributed by atoms with Crippen molar-refractivity contribution in [1.29, 1.82) is 0 Å². The van der Waals surface area contributed by atoms with Gasteiger partial charge in [-0.1, -0.05) is 32.9 Å². The number of rotatable bonds is 6. The van der Waals surface area contributed by atoms with Crippen LogP contribution in [0.4, 0.5) is 0 Å². The second-order valence-electron chi connectivity index (χ2n) is 5.50. The average molecular weight is 384 g/mol. The van der Waals surface area contributed by atoms with E-state index in [9.17, 15) is 0 Å². The van der Waals surface area contributed by atoms with E-state index in [4.69, 9.17) is 5.73 Å². The van der Waals surface area contributed by atoms with E-state index in [0.717, 1.165) is 10.9 Å². The van der Waals surface area contributed by atoms with Gasteiger partial charge in [-0.05, 0) is 52.0 Å². The average Bonchev–Trinajstić information content (AvgIpc) is 2.90. The normalized spacial score (nSPS) is 14.4. The van der Waals surface area contributed by atoms with E-state index >= 15 is 0 Å². The first-order chi connectivity index (χ1) is 10.0. The summed E-state index contributed by atoms with van der Waals surface area (Å²) in [6.45, 7) is 6.60. The zero-order chi connectivity index (χ0) is 15.4. The summed E-state index contributed by atoms with van der Waals surface area (Å²) in [5.74, 6) is 0.575. The molecule has 114 valence electrons. The van der Waals surface area contributed by atoms with Gasteiger partial charge in [0.2, 0.25) is 0 Å². The number of benzene rings is 1. The molecule has 0 aliphatic heterocycles. The fourth-order valence-corrected chi connectivity index (χ4v) is 5.07. The lowest BCUT2D eigenvalue weighted by molar-refractivity contribution is 0.640. The number of halogens is 1. The number of hydrogen-bond acceptors (Lipinski definition) is 3. The van der Waals surface area contributed by atoms with Crippen molar-refractivity contribution in [3.8, 4) is 0 Å². The summed E-state index contributed by atoms with van der Waals surface area (Å²) >= 11 is 7.20. The van der Waals surface area contributed by atoms with Gasteiger partial charge in [-0.2, -0.15) is 0 Å². The molecule has 0 aliphatic carbocycles. The topological polar surface area (TPSA) is 26.0 Å². The first-order valence-corrected chi connectivity index (χ1v) is 9.82. The minimum absolute atomic E-state index is 0.172. The van der Waals surface area contributed by atoms with Crippen molar-refractivity contribution in [1.82, 2.24) is 0 Å². The van der Waals surface area contributed by atoms with Gasteiger partial charge in [-0.15, -0.1) is 23.1 Å². The highest BCUT2D eigenvalue weighted by atomic mass is 79.9. The van der Waals surface area contributed by atoms with Gasteiger partial charge in [0.05, 0.1) is 5.25 Å². The molecule has 0 bridgehead atoms. The van der Waals surface area contributed by atoms with Crippen LogP contribution < -0.4 is 5.73 Å². The van der Waals surface area contributed by atoms with Crippen LogP contribution in [0.3, 0.4) is 0 Å². The van der Waals surface area contributed by atoms with E-state index in [1.807, 2.05) is 11.8 Å². The largest absolute Gasteiger partial charge is 0.326 e. The Balaban J connectivity index is 2.18. The summed E-state index contributed by atoms with van der Waals surface area (Å²) in [4.78, 5) is 2.63. The Morgan fingerprint density at radius 2 is 1.90 bits per heavy atom. The van der Waals surface area contributed by atoms with Crippen LogP contribution in [0.25, 0.3) is 0 Å². The Morgan fingerprint density at radius 1 is 1.24 bits per heavy atom. The predicted octanol–water partition coefficient (Wildman–Crippen LogP) is 6.20. The Morgan fingerprint density at radius 3 is 2.38 bits per heavy atom. The molecule has 0 saturated carbocycles. The molecule has 1 aromatic heterocycles. The Kier molecular flexibility index (Phi) is 6.35. The molecule has 0 amide bonds. The minimum atomic E-state index is 0.172. The smallest absolute Gasteiger partial charge is 0.0589 e. The van der Waals surface area contributed by atoms with Crippen molar-refractivity contribution in [2.24, 2.45) is 5.73 Å². The SMILES string of the molecule is CCC(N)C(Sc1ccc(C(C)C)cc1)c1cc(Br)cs1. The first-order valence-electron chi connectivity index (χ1n) is 7.27. The van der Waals surface area contributed by atoms with Crippen LogP contribution in [-0.4, -0.2) is 6.04 Å². The second-order valence-corrected chi connectivity index (χ2v) is 8.58. The van der Waals surface area contributed by atoms with E-state index in [2.05, 4.69) is 72.4 Å². The molecule has 0 spiro atoms. The van der Waals surface area contributed by atoms with Crippen LogP contribution in [0.5, 0.6) is 0 Å². The van der Waals surface area contributed by atoms with Gasteiger partial charge in [0.1, 0.15) is 0 Å². The fraction of sp³-hybridized carbons (Fsp3) is 0.412. The highest BCUT2D eigenvalue weighted by molar-refractivity contribution is 9.10. The van der Waals surface area contributed by atoms with Gasteiger partial charge in [0.25, 0.3) is 0 Å². The summed E-state index contributed by atoms with van der Waals surface area (Å²) in [5, 5.41) is 2.45. The lowest BCUT2D eigenvalue weighted by Gasteiger charge is -2.21. The van der Waals surface area contributed by atoms with Crippen LogP contribution in [0.1, 0.15) is 48.8 Å². The molecule has 2 aromatic rings. The number of thioether (sulfide) groups is 1. The van der Waals surface area contributed by atoms with E-state index < -0.39 is 0 Å². The van der Waals surface area contributed by atoms with Crippen LogP contribution in [0, 0.1) is 0 Å². The number of nitrogens with two attached hydrogens (primary N) is 1. The fourth-order valence-electron chi connectivity index (χ4n) is 2.13. The van der Waals surface area contributed by atoms with Gasteiger partial charge < -0.3 is 5.73 Å². The van der Waals surface area contributed by atoms with E-state index in [0.29, 0.717) is 11.2 Å². The molecular formula is C17H22BrNS2. The summed E-state index contributed by atoms with van der Waals surface area (Å²) < 4.78 is 1.14. The lowest BCUT2D eigenvalue weighted by atomic mass is 10.0. The molecule has 2 rings (SSSR count). The zero-order valence-corrected chi connectivity index (χ0v) is 15.9. The van der Waals surface area contributed by atoms with Gasteiger partial charge in [0, 0.05) is 25.7 Å². The van der Waals surface area contributed by atoms with Crippen molar-refractivity contribution in [2.45, 2.75) is 49.3 Å². The van der Waals surface area contributed by atoms with Crippen LogP contribution in [-0.2, 0) is 0 Å². The maximum Gasteiger partial charge on any atom is 0.0589 e. The van der Waals surface area contributed by atoms with Crippen LogP contribution >= 0.6 is 39.0 Å². The quantitative estimate of drug-likeness (QED) is 0.600. The van der Waals surface area contributed by atoms with Gasteiger partial charge >= 0.3 is 0 Å². The van der Waals surface area contributed by atoms with Crippen molar-refractivity contribution >= 4 is 39.0 Å². The van der Waals surface area contributed by atoms with Gasteiger partial charge in [-0.3, -0.25) is 0 Å². The summed E-state index contributed by atoms with van der Waals surface area (Å²) in [6.07, 6.45) is 0.983. The highest BCUT2D eigenvalue weighted by Gasteiger charge is 2.21. The van der Waals surface area contributed by atoms with E-state index in [-0.39, 0.29) is 6.04 Å². The molecule has 1 aromatic carbocycles. The Bertz CT molecular complexity index is 562. The molecule has 0 saturated heterocycles. The van der Waals surface area contributed by atoms with Crippen LogP contribution in [0.15, 0.2) is 45.1 Å². The molecule has 2 N–H and O–H groups in total. The maximum absolute atomic E-state index is 6.35. The van der Waals surface area contributed by atoms with E-state index in [1.54, 1.807) is 11.3 Å². The Labute approximate surface area is 144 Å². The van der Waals surface area contributed by atoms with Crippen molar-refractivity contribution in [2.75, 3.05) is 0 Å². The molecular weight excluding hydrogens is 362 g/mol. The molecule has 21 heavy (non-hydrogen) atoms. The van der Waals surface area contributed by atoms with Crippen LogP contribution in [0.2, 0.25) is 0 Å². The molecule has 0 radical (unpaired) electrons. The maximum atomic E-state index is 6.35. The second kappa shape index (κ2) is 7.82. The van der Waals surface area contributed by atoms with E-state index in [1.165, 1.54) is 15.3 Å². The van der Waals surface area contributed by atoms with Gasteiger partial charge in [0.15, 0.2) is 0 Å². The minimum Gasteiger partial charge on any atom is -0.326 e. The highest BCUT2D eigenvalue weighted by Crippen LogP contribution is 2.41. The monoisotopic (exact) mass is 383 g/mol. The number of thiophene rings is 1. The molecule has 2 atom stereocenters. The summed E-state index contributed by atoms with van der Waals surface area (Å²) in [5.41, 5.74) is 7.74. The third-order valence-corrected chi connectivity index (χ3v) is 6.87. The van der Waals surface area contributed by atoms with Crippen molar-refractivity contribution in [3.63, 3.8) is 0 Å². The first kappa shape index (κ1) is 17.1. The predicted molar refractivity (Wildman–Crippen MR) is 99.4 cm³/mol. The molecule has 0 fully saturated rings. The number of hydrogen-bond donors (Lipinski definition) is 1. The molecule has 4 heteroatoms. The summed E-state index contributed by atoms with van der Waals surface area (Å²) in [6, 6.07) is 11.3. The van der Waals surface area contributed by atoms with Gasteiger partial charge in [-0.25, -0.2) is 0 Å². The standard InChI is InChI=1S/C17H22BrNS2/c1-4-15(19)17(16-9-13(18)10-20-16)21-14-7-5-12(6-8-14)11(2)3/h5-11,15,17H,4,19H2,1-3H3. The molecule has 0 aliphatic rings. The zero-order valence-electron chi connectivity index (χ0n) is 12.7. The molecule has 1 heterocycles.